The van der Waals surface area contributed by atoms with Crippen molar-refractivity contribution in [3.05, 3.63) is 10.4 Å². The van der Waals surface area contributed by atoms with Crippen molar-refractivity contribution in [1.29, 1.82) is 5.26 Å². The Morgan fingerprint density at radius 3 is 2.80 bits per heavy atom. The predicted molar refractivity (Wildman–Crippen MR) is 78.0 cm³/mol. The van der Waals surface area contributed by atoms with E-state index in [4.69, 9.17) is 5.73 Å². The molecule has 20 heavy (non-hydrogen) atoms. The van der Waals surface area contributed by atoms with E-state index in [0.29, 0.717) is 22.7 Å². The summed E-state index contributed by atoms with van der Waals surface area (Å²) in [7, 11) is 0. The molecule has 5 nitrogen and oxygen atoms in total. The fourth-order valence-electron chi connectivity index (χ4n) is 2.62. The molecule has 2 aliphatic rings. The van der Waals surface area contributed by atoms with E-state index in [-0.39, 0.29) is 17.8 Å². The Morgan fingerprint density at radius 2 is 2.20 bits per heavy atom. The van der Waals surface area contributed by atoms with Gasteiger partial charge in [0.1, 0.15) is 16.6 Å². The van der Waals surface area contributed by atoms with E-state index in [1.807, 2.05) is 4.90 Å². The first-order valence-electron chi connectivity index (χ1n) is 6.91. The van der Waals surface area contributed by atoms with Gasteiger partial charge in [0.25, 0.3) is 0 Å². The van der Waals surface area contributed by atoms with Crippen molar-refractivity contribution >= 4 is 27.8 Å². The second kappa shape index (κ2) is 5.08. The van der Waals surface area contributed by atoms with E-state index < -0.39 is 0 Å². The van der Waals surface area contributed by atoms with Crippen molar-refractivity contribution in [2.24, 2.45) is 5.92 Å². The lowest BCUT2D eigenvalue weighted by atomic mass is 10.1. The summed E-state index contributed by atoms with van der Waals surface area (Å²) in [4.78, 5) is 14.7. The molecule has 3 rings (SSSR count). The van der Waals surface area contributed by atoms with Gasteiger partial charge in [0, 0.05) is 19.0 Å². The number of aliphatic hydroxyl groups is 1. The van der Waals surface area contributed by atoms with Crippen LogP contribution in [0.3, 0.4) is 0 Å². The second-order valence-corrected chi connectivity index (χ2v) is 6.52. The average molecular weight is 291 g/mol. The number of ketones is 1. The van der Waals surface area contributed by atoms with Gasteiger partial charge in [0.15, 0.2) is 5.78 Å². The highest BCUT2D eigenvalue weighted by atomic mass is 32.1. The number of nitrogen functional groups attached to an aromatic ring is 1. The number of Topliss-reactive ketones (excluding diaryl/α,β-unsaturated/α-hetero) is 1. The minimum atomic E-state index is -0.374. The quantitative estimate of drug-likeness (QED) is 0.828. The zero-order valence-electron chi connectivity index (χ0n) is 11.1. The molecule has 1 atom stereocenters. The van der Waals surface area contributed by atoms with E-state index in [1.165, 1.54) is 11.3 Å². The molecule has 1 aromatic rings. The molecule has 2 heterocycles. The summed E-state index contributed by atoms with van der Waals surface area (Å²) in [5.74, 6) is 0.176. The van der Waals surface area contributed by atoms with E-state index in [9.17, 15) is 15.2 Å². The van der Waals surface area contributed by atoms with Crippen LogP contribution in [0.4, 0.5) is 10.7 Å². The van der Waals surface area contributed by atoms with E-state index in [2.05, 4.69) is 6.07 Å². The van der Waals surface area contributed by atoms with Crippen LogP contribution in [0.2, 0.25) is 0 Å². The number of β-amino-alcohol motifs (C(OH)–C–C–N with tert-alkyl or cyclic N) is 1. The lowest BCUT2D eigenvalue weighted by molar-refractivity contribution is 0.0972. The van der Waals surface area contributed by atoms with Gasteiger partial charge in [-0.05, 0) is 25.7 Å². The molecule has 1 saturated carbocycles. The van der Waals surface area contributed by atoms with E-state index >= 15 is 0 Å². The monoisotopic (exact) mass is 291 g/mol. The molecule has 1 aromatic heterocycles. The average Bonchev–Trinajstić information content (AvgIpc) is 3.22. The molecule has 2 fully saturated rings. The first kappa shape index (κ1) is 13.4. The highest BCUT2D eigenvalue weighted by molar-refractivity contribution is 7.19. The van der Waals surface area contributed by atoms with Crippen molar-refractivity contribution in [2.75, 3.05) is 23.7 Å². The van der Waals surface area contributed by atoms with Crippen LogP contribution < -0.4 is 10.6 Å². The summed E-state index contributed by atoms with van der Waals surface area (Å²) in [6.07, 6.45) is 3.15. The second-order valence-electron chi connectivity index (χ2n) is 5.52. The fraction of sp³-hybridized carbons (Fsp3) is 0.571. The van der Waals surface area contributed by atoms with Crippen molar-refractivity contribution in [2.45, 2.75) is 31.8 Å². The van der Waals surface area contributed by atoms with Crippen molar-refractivity contribution in [3.8, 4) is 6.07 Å². The third-order valence-corrected chi connectivity index (χ3v) is 5.17. The fourth-order valence-corrected chi connectivity index (χ4v) is 3.84. The van der Waals surface area contributed by atoms with Crippen molar-refractivity contribution in [1.82, 2.24) is 0 Å². The molecule has 0 bridgehead atoms. The number of nitriles is 1. The highest BCUT2D eigenvalue weighted by Gasteiger charge is 2.35. The highest BCUT2D eigenvalue weighted by Crippen LogP contribution is 2.43. The number of hydrogen-bond acceptors (Lipinski definition) is 6. The number of anilines is 2. The number of carbonyl (C=O) groups excluding carboxylic acids is 1. The lowest BCUT2D eigenvalue weighted by Gasteiger charge is -2.30. The van der Waals surface area contributed by atoms with Crippen LogP contribution in [0.25, 0.3) is 0 Å². The number of hydrogen-bond donors (Lipinski definition) is 2. The zero-order valence-corrected chi connectivity index (χ0v) is 11.9. The van der Waals surface area contributed by atoms with Gasteiger partial charge in [-0.25, -0.2) is 0 Å². The first-order chi connectivity index (χ1) is 9.61. The summed E-state index contributed by atoms with van der Waals surface area (Å²) in [6.45, 7) is 1.30. The van der Waals surface area contributed by atoms with Crippen molar-refractivity contribution in [3.63, 3.8) is 0 Å². The summed E-state index contributed by atoms with van der Waals surface area (Å²) in [5, 5.41) is 19.8. The van der Waals surface area contributed by atoms with Gasteiger partial charge in [-0.1, -0.05) is 0 Å². The molecular formula is C14H17N3O2S. The van der Waals surface area contributed by atoms with Crippen molar-refractivity contribution < 1.29 is 9.90 Å². The maximum absolute atomic E-state index is 12.2. The smallest absolute Gasteiger partial charge is 0.178 e. The molecule has 0 radical (unpaired) electrons. The normalized spacial score (nSPS) is 22.6. The number of nitrogens with two attached hydrogens (primary N) is 1. The summed E-state index contributed by atoms with van der Waals surface area (Å²) in [5.41, 5.74) is 6.72. The Balaban J connectivity index is 1.95. The van der Waals surface area contributed by atoms with E-state index in [1.54, 1.807) is 0 Å². The van der Waals surface area contributed by atoms with Gasteiger partial charge in [-0.15, -0.1) is 11.3 Å². The molecule has 6 heteroatoms. The van der Waals surface area contributed by atoms with Crippen LogP contribution in [-0.2, 0) is 0 Å². The Hall–Kier alpha value is -1.58. The number of carbonyl (C=O) groups is 1. The van der Waals surface area contributed by atoms with Gasteiger partial charge >= 0.3 is 0 Å². The number of thiophene rings is 1. The summed E-state index contributed by atoms with van der Waals surface area (Å²) in [6, 6.07) is 2.12. The Kier molecular flexibility index (Phi) is 3.40. The standard InChI is InChI=1S/C14H17N3O2S/c15-6-10-11(16)13(12(19)8-3-4-8)20-14(10)17-5-1-2-9(18)7-17/h8-9,18H,1-5,7,16H2. The topological polar surface area (TPSA) is 90.4 Å². The number of aliphatic hydroxyl groups excluding tert-OH is 1. The summed E-state index contributed by atoms with van der Waals surface area (Å²) >= 11 is 1.31. The van der Waals surface area contributed by atoms with Gasteiger partial charge in [0.05, 0.1) is 16.7 Å². The van der Waals surface area contributed by atoms with E-state index in [0.717, 1.165) is 37.2 Å². The molecule has 0 amide bonds. The molecule has 0 spiro atoms. The third kappa shape index (κ3) is 2.28. The molecule has 1 unspecified atom stereocenters. The van der Waals surface area contributed by atoms with Gasteiger partial charge in [-0.2, -0.15) is 5.26 Å². The van der Waals surface area contributed by atoms with Crippen LogP contribution in [0.5, 0.6) is 0 Å². The predicted octanol–water partition coefficient (Wildman–Crippen LogP) is 1.76. The largest absolute Gasteiger partial charge is 0.396 e. The molecule has 106 valence electrons. The SMILES string of the molecule is N#Cc1c(N2CCCC(O)C2)sc(C(=O)C2CC2)c1N. The third-order valence-electron chi connectivity index (χ3n) is 3.89. The molecule has 1 aliphatic heterocycles. The molecule has 0 aromatic carbocycles. The first-order valence-corrected chi connectivity index (χ1v) is 7.73. The number of rotatable bonds is 3. The maximum Gasteiger partial charge on any atom is 0.178 e. The van der Waals surface area contributed by atoms with Gasteiger partial charge in [0.2, 0.25) is 0 Å². The molecule has 1 saturated heterocycles. The molecule has 1 aliphatic carbocycles. The minimum absolute atomic E-state index is 0.0767. The van der Waals surface area contributed by atoms with Gasteiger partial charge in [-0.3, -0.25) is 4.79 Å². The number of piperidine rings is 1. The van der Waals surface area contributed by atoms with Crippen LogP contribution in [-0.4, -0.2) is 30.1 Å². The minimum Gasteiger partial charge on any atom is -0.396 e. The summed E-state index contributed by atoms with van der Waals surface area (Å²) < 4.78 is 0. The van der Waals surface area contributed by atoms with Crippen LogP contribution >= 0.6 is 11.3 Å². The maximum atomic E-state index is 12.2. The number of nitrogens with zero attached hydrogens (tertiary/aromatic N) is 2. The Bertz CT molecular complexity index is 586. The Morgan fingerprint density at radius 1 is 1.45 bits per heavy atom. The van der Waals surface area contributed by atoms with Gasteiger partial charge < -0.3 is 15.7 Å². The molecule has 3 N–H and O–H groups in total. The lowest BCUT2D eigenvalue weighted by Crippen LogP contribution is -2.38. The molecular weight excluding hydrogens is 274 g/mol. The Labute approximate surface area is 121 Å². The van der Waals surface area contributed by atoms with Crippen LogP contribution in [0.1, 0.15) is 40.9 Å². The zero-order chi connectivity index (χ0) is 14.3. The van der Waals surface area contributed by atoms with Crippen LogP contribution in [0, 0.1) is 17.2 Å². The van der Waals surface area contributed by atoms with Crippen LogP contribution in [0.15, 0.2) is 0 Å².